The lowest BCUT2D eigenvalue weighted by Crippen LogP contribution is -2.27. The highest BCUT2D eigenvalue weighted by atomic mass is 16.5. The Hall–Kier alpha value is -3.06. The summed E-state index contributed by atoms with van der Waals surface area (Å²) in [5.74, 6) is 0.467. The quantitative estimate of drug-likeness (QED) is 0.477. The number of carbonyl (C=O) groups excluding carboxylic acids is 2. The molecule has 0 aliphatic rings. The molecule has 2 aromatic rings. The third kappa shape index (κ3) is 8.23. The zero-order valence-electron chi connectivity index (χ0n) is 17.0. The molecule has 29 heavy (non-hydrogen) atoms. The molecule has 2 amide bonds. The Kier molecular flexibility index (Phi) is 9.51. The predicted octanol–water partition coefficient (Wildman–Crippen LogP) is 3.29. The zero-order chi connectivity index (χ0) is 20.9. The smallest absolute Gasteiger partial charge is 0.251 e. The highest BCUT2D eigenvalue weighted by Gasteiger charge is 2.06. The minimum Gasteiger partial charge on any atom is -0.494 e. The topological polar surface area (TPSA) is 88.7 Å². The number of carbonyl (C=O) groups is 2. The second-order valence-corrected chi connectivity index (χ2v) is 6.45. The molecule has 0 unspecified atom stereocenters. The van der Waals surface area contributed by atoms with E-state index in [0.717, 1.165) is 24.3 Å². The number of methoxy groups -OCH3 is 1. The first-order valence-electron chi connectivity index (χ1n) is 9.76. The van der Waals surface area contributed by atoms with Crippen molar-refractivity contribution in [2.45, 2.75) is 19.8 Å². The van der Waals surface area contributed by atoms with E-state index in [-0.39, 0.29) is 18.4 Å². The molecule has 0 radical (unpaired) electrons. The summed E-state index contributed by atoms with van der Waals surface area (Å²) in [5, 5.41) is 8.62. The van der Waals surface area contributed by atoms with Gasteiger partial charge in [0.1, 0.15) is 5.75 Å². The SMILES string of the molecule is CCCCOc1ccc(NCC(=O)Nc2ccc(C(=O)NCCOC)cc2)cc1. The van der Waals surface area contributed by atoms with Crippen molar-refractivity contribution < 1.29 is 19.1 Å². The van der Waals surface area contributed by atoms with Crippen LogP contribution in [0.5, 0.6) is 5.75 Å². The maximum absolute atomic E-state index is 12.1. The number of amides is 2. The van der Waals surface area contributed by atoms with Gasteiger partial charge >= 0.3 is 0 Å². The molecule has 7 heteroatoms. The van der Waals surface area contributed by atoms with Crippen LogP contribution in [-0.2, 0) is 9.53 Å². The fraction of sp³-hybridized carbons (Fsp3) is 0.364. The molecule has 0 heterocycles. The van der Waals surface area contributed by atoms with Gasteiger partial charge in [0, 0.05) is 30.6 Å². The van der Waals surface area contributed by atoms with Crippen LogP contribution >= 0.6 is 0 Å². The van der Waals surface area contributed by atoms with Crippen LogP contribution in [0.3, 0.4) is 0 Å². The molecule has 0 atom stereocenters. The number of nitrogens with one attached hydrogen (secondary N) is 3. The van der Waals surface area contributed by atoms with E-state index in [2.05, 4.69) is 22.9 Å². The van der Waals surface area contributed by atoms with Crippen LogP contribution < -0.4 is 20.7 Å². The molecule has 0 saturated heterocycles. The molecular weight excluding hydrogens is 370 g/mol. The summed E-state index contributed by atoms with van der Waals surface area (Å²) in [6, 6.07) is 14.3. The molecule has 0 spiro atoms. The van der Waals surface area contributed by atoms with Crippen LogP contribution in [0.25, 0.3) is 0 Å². The van der Waals surface area contributed by atoms with E-state index in [1.807, 2.05) is 24.3 Å². The fourth-order valence-corrected chi connectivity index (χ4v) is 2.46. The summed E-state index contributed by atoms with van der Waals surface area (Å²) in [6.45, 7) is 3.87. The fourth-order valence-electron chi connectivity index (χ4n) is 2.46. The minimum absolute atomic E-state index is 0.134. The Morgan fingerprint density at radius 2 is 1.62 bits per heavy atom. The normalized spacial score (nSPS) is 10.3. The lowest BCUT2D eigenvalue weighted by molar-refractivity contribution is -0.114. The molecule has 0 aliphatic carbocycles. The van der Waals surface area contributed by atoms with Gasteiger partial charge in [0.2, 0.25) is 5.91 Å². The summed E-state index contributed by atoms with van der Waals surface area (Å²) in [7, 11) is 1.58. The molecule has 0 fully saturated rings. The first-order chi connectivity index (χ1) is 14.1. The number of anilines is 2. The number of ether oxygens (including phenoxy) is 2. The van der Waals surface area contributed by atoms with Crippen molar-refractivity contribution in [1.29, 1.82) is 0 Å². The third-order valence-corrected chi connectivity index (χ3v) is 4.10. The Labute approximate surface area is 171 Å². The highest BCUT2D eigenvalue weighted by Crippen LogP contribution is 2.16. The summed E-state index contributed by atoms with van der Waals surface area (Å²) < 4.78 is 10.5. The second-order valence-electron chi connectivity index (χ2n) is 6.45. The average Bonchev–Trinajstić information content (AvgIpc) is 2.74. The number of benzene rings is 2. The molecule has 0 bridgehead atoms. The van der Waals surface area contributed by atoms with Crippen LogP contribution in [0.15, 0.2) is 48.5 Å². The maximum atomic E-state index is 12.1. The van der Waals surface area contributed by atoms with Gasteiger partial charge < -0.3 is 25.4 Å². The van der Waals surface area contributed by atoms with E-state index in [1.165, 1.54) is 0 Å². The van der Waals surface area contributed by atoms with Gasteiger partial charge in [-0.25, -0.2) is 0 Å². The second kappa shape index (κ2) is 12.4. The first kappa shape index (κ1) is 22.2. The van der Waals surface area contributed by atoms with Gasteiger partial charge in [0.15, 0.2) is 0 Å². The number of unbranched alkanes of at least 4 members (excludes halogenated alkanes) is 1. The molecule has 3 N–H and O–H groups in total. The lowest BCUT2D eigenvalue weighted by Gasteiger charge is -2.10. The van der Waals surface area contributed by atoms with Crippen molar-refractivity contribution in [3.05, 3.63) is 54.1 Å². The Morgan fingerprint density at radius 3 is 2.28 bits per heavy atom. The summed E-state index contributed by atoms with van der Waals surface area (Å²) in [6.07, 6.45) is 2.12. The van der Waals surface area contributed by atoms with E-state index in [9.17, 15) is 9.59 Å². The van der Waals surface area contributed by atoms with E-state index in [0.29, 0.717) is 31.0 Å². The van der Waals surface area contributed by atoms with Gasteiger partial charge in [0.25, 0.3) is 5.91 Å². The van der Waals surface area contributed by atoms with Gasteiger partial charge in [-0.1, -0.05) is 13.3 Å². The van der Waals surface area contributed by atoms with Gasteiger partial charge in [-0.3, -0.25) is 9.59 Å². The van der Waals surface area contributed by atoms with Gasteiger partial charge in [-0.2, -0.15) is 0 Å². The van der Waals surface area contributed by atoms with E-state index in [1.54, 1.807) is 31.4 Å². The van der Waals surface area contributed by atoms with Crippen molar-refractivity contribution in [3.63, 3.8) is 0 Å². The molecule has 2 rings (SSSR count). The maximum Gasteiger partial charge on any atom is 0.251 e. The molecule has 7 nitrogen and oxygen atoms in total. The van der Waals surface area contributed by atoms with Crippen LogP contribution in [0.4, 0.5) is 11.4 Å². The van der Waals surface area contributed by atoms with Crippen LogP contribution in [0.1, 0.15) is 30.1 Å². The van der Waals surface area contributed by atoms with Gasteiger partial charge in [0.05, 0.1) is 19.8 Å². The molecule has 156 valence electrons. The molecule has 0 aromatic heterocycles. The van der Waals surface area contributed by atoms with Crippen LogP contribution in [0.2, 0.25) is 0 Å². The highest BCUT2D eigenvalue weighted by molar-refractivity contribution is 5.96. The van der Waals surface area contributed by atoms with Crippen LogP contribution in [-0.4, -0.2) is 45.2 Å². The third-order valence-electron chi connectivity index (χ3n) is 4.10. The number of hydrogen-bond donors (Lipinski definition) is 3. The van der Waals surface area contributed by atoms with E-state index >= 15 is 0 Å². The number of hydrogen-bond acceptors (Lipinski definition) is 5. The summed E-state index contributed by atoms with van der Waals surface area (Å²) in [4.78, 5) is 24.1. The standard InChI is InChI=1S/C22H29N3O4/c1-3-4-14-29-20-11-9-18(10-12-20)24-16-21(26)25-19-7-5-17(6-8-19)22(27)23-13-15-28-2/h5-12,24H,3-4,13-16H2,1-2H3,(H,23,27)(H,25,26). The first-order valence-corrected chi connectivity index (χ1v) is 9.76. The molecule has 0 aliphatic heterocycles. The Morgan fingerprint density at radius 1 is 0.931 bits per heavy atom. The average molecular weight is 399 g/mol. The van der Waals surface area contributed by atoms with E-state index < -0.39 is 0 Å². The van der Waals surface area contributed by atoms with Crippen molar-refractivity contribution >= 4 is 23.2 Å². The van der Waals surface area contributed by atoms with Crippen molar-refractivity contribution in [2.75, 3.05) is 44.0 Å². The number of rotatable bonds is 12. The summed E-state index contributed by atoms with van der Waals surface area (Å²) in [5.41, 5.74) is 1.99. The van der Waals surface area contributed by atoms with Crippen molar-refractivity contribution in [1.82, 2.24) is 5.32 Å². The lowest BCUT2D eigenvalue weighted by atomic mass is 10.2. The molecule has 2 aromatic carbocycles. The molecule has 0 saturated carbocycles. The monoisotopic (exact) mass is 399 g/mol. The predicted molar refractivity (Wildman–Crippen MR) is 115 cm³/mol. The van der Waals surface area contributed by atoms with Gasteiger partial charge in [-0.15, -0.1) is 0 Å². The van der Waals surface area contributed by atoms with Crippen molar-refractivity contribution in [2.24, 2.45) is 0 Å². The minimum atomic E-state index is -0.177. The summed E-state index contributed by atoms with van der Waals surface area (Å²) >= 11 is 0. The van der Waals surface area contributed by atoms with Crippen LogP contribution in [0, 0.1) is 0 Å². The largest absolute Gasteiger partial charge is 0.494 e. The Balaban J connectivity index is 1.75. The van der Waals surface area contributed by atoms with E-state index in [4.69, 9.17) is 9.47 Å². The molecular formula is C22H29N3O4. The van der Waals surface area contributed by atoms with Crippen molar-refractivity contribution in [3.8, 4) is 5.75 Å². The zero-order valence-corrected chi connectivity index (χ0v) is 17.0. The Bertz CT molecular complexity index is 761. The van der Waals surface area contributed by atoms with Gasteiger partial charge in [-0.05, 0) is 55.0 Å².